The maximum absolute atomic E-state index is 9.85. The molecule has 0 spiro atoms. The van der Waals surface area contributed by atoms with E-state index in [4.69, 9.17) is 4.98 Å². The number of hydrogen-bond acceptors (Lipinski definition) is 5. The quantitative estimate of drug-likeness (QED) is 0.0848. The summed E-state index contributed by atoms with van der Waals surface area (Å²) in [6.07, 6.45) is 12.2. The van der Waals surface area contributed by atoms with Gasteiger partial charge in [-0.15, -0.1) is 94.5 Å². The van der Waals surface area contributed by atoms with E-state index in [0.717, 1.165) is 129 Å². The van der Waals surface area contributed by atoms with Crippen molar-refractivity contribution in [1.82, 2.24) is 15.0 Å². The average molecular weight is 1170 g/mol. The Labute approximate surface area is 468 Å². The van der Waals surface area contributed by atoms with Gasteiger partial charge in [0.05, 0.1) is 23.3 Å². The minimum absolute atomic E-state index is 0. The molecule has 5 nitrogen and oxygen atoms in total. The second kappa shape index (κ2) is 24.5. The van der Waals surface area contributed by atoms with Crippen molar-refractivity contribution in [1.29, 1.82) is 10.5 Å². The number of nitriles is 2. The molecule has 0 aliphatic rings. The van der Waals surface area contributed by atoms with E-state index in [0.29, 0.717) is 11.1 Å². The average Bonchev–Trinajstić information content (AvgIpc) is 3.49. The summed E-state index contributed by atoms with van der Waals surface area (Å²) in [6, 6.07) is 76.7. The van der Waals surface area contributed by atoms with E-state index in [1.54, 1.807) is 6.07 Å². The van der Waals surface area contributed by atoms with Crippen molar-refractivity contribution in [2.24, 2.45) is 0 Å². The van der Waals surface area contributed by atoms with Crippen LogP contribution in [0.4, 0.5) is 0 Å². The molecule has 0 aliphatic carbocycles. The molecule has 0 radical (unpaired) electrons. The van der Waals surface area contributed by atoms with Crippen LogP contribution in [0.2, 0.25) is 0 Å². The van der Waals surface area contributed by atoms with Gasteiger partial charge in [0.1, 0.15) is 0 Å². The van der Waals surface area contributed by atoms with E-state index in [9.17, 15) is 10.5 Å². The number of nitrogens with zero attached hydrogens (tertiary/aromatic N) is 5. The molecule has 0 unspecified atom stereocenters. The molecule has 0 aliphatic heterocycles. The van der Waals surface area contributed by atoms with Crippen LogP contribution in [-0.2, 0) is 51.2 Å². The molecule has 0 fully saturated rings. The number of hydrogen-bond donors (Lipinski definition) is 0. The summed E-state index contributed by atoms with van der Waals surface area (Å²) in [6.45, 7) is 8.96. The molecule has 6 heteroatoms. The zero-order valence-electron chi connectivity index (χ0n) is 44.0. The Hall–Kier alpha value is -8.38. The first-order valence-electron chi connectivity index (χ1n) is 26.4. The Bertz CT molecular complexity index is 3590. The first kappa shape index (κ1) is 53.4. The van der Waals surface area contributed by atoms with Gasteiger partial charge in [0.15, 0.2) is 0 Å². The Morgan fingerprint density at radius 3 is 1.49 bits per heavy atom. The molecule has 0 saturated carbocycles. The van der Waals surface area contributed by atoms with Gasteiger partial charge < -0.3 is 15.0 Å². The van der Waals surface area contributed by atoms with Crippen LogP contribution in [0.5, 0.6) is 0 Å². The van der Waals surface area contributed by atoms with E-state index in [2.05, 4.69) is 189 Å². The summed E-state index contributed by atoms with van der Waals surface area (Å²) < 4.78 is 0. The molecule has 0 N–H and O–H groups in total. The van der Waals surface area contributed by atoms with Crippen molar-refractivity contribution in [3.05, 3.63) is 257 Å². The number of benzene rings is 7. The number of aryl methyl sites for hydroxylation is 5. The molecule has 3 aromatic heterocycles. The van der Waals surface area contributed by atoms with Crippen LogP contribution >= 0.6 is 0 Å². The maximum Gasteiger partial charge on any atom is 3.00 e. The molecule has 10 aromatic rings. The molecule has 0 atom stereocenters. The van der Waals surface area contributed by atoms with Crippen LogP contribution in [-0.4, -0.2) is 15.0 Å². The zero-order chi connectivity index (χ0) is 52.4. The van der Waals surface area contributed by atoms with E-state index in [-0.39, 0.29) is 25.5 Å². The van der Waals surface area contributed by atoms with Gasteiger partial charge in [0.25, 0.3) is 0 Å². The molecule has 77 heavy (non-hydrogen) atoms. The predicted octanol–water partition coefficient (Wildman–Crippen LogP) is 17.0. The Morgan fingerprint density at radius 2 is 0.961 bits per heavy atom. The van der Waals surface area contributed by atoms with Gasteiger partial charge in [0, 0.05) is 18.6 Å². The van der Waals surface area contributed by atoms with Gasteiger partial charge in [-0.1, -0.05) is 141 Å². The summed E-state index contributed by atoms with van der Waals surface area (Å²) in [5.41, 5.74) is 22.4. The van der Waals surface area contributed by atoms with E-state index >= 15 is 0 Å². The molecule has 7 aromatic carbocycles. The fourth-order valence-electron chi connectivity index (χ4n) is 10.8. The zero-order valence-corrected chi connectivity index (χ0v) is 46.4. The molecule has 10 rings (SSSR count). The minimum Gasteiger partial charge on any atom is -0.305 e. The minimum atomic E-state index is 0. The van der Waals surface area contributed by atoms with Gasteiger partial charge >= 0.3 is 20.1 Å². The topological polar surface area (TPSA) is 86.2 Å². The fourth-order valence-corrected chi connectivity index (χ4v) is 10.8. The normalized spacial score (nSPS) is 11.1. The Balaban J connectivity index is 0.00000722. The molecule has 0 bridgehead atoms. The van der Waals surface area contributed by atoms with Crippen molar-refractivity contribution in [3.8, 4) is 90.4 Å². The van der Waals surface area contributed by atoms with Gasteiger partial charge in [-0.3, -0.25) is 0 Å². The van der Waals surface area contributed by atoms with Crippen LogP contribution in [0.15, 0.2) is 195 Å². The van der Waals surface area contributed by atoms with Crippen molar-refractivity contribution in [3.63, 3.8) is 0 Å². The molecule has 0 amide bonds. The predicted molar refractivity (Wildman–Crippen MR) is 309 cm³/mol. The monoisotopic (exact) mass is 1170 g/mol. The summed E-state index contributed by atoms with van der Waals surface area (Å²) in [4.78, 5) is 14.0. The molecular weight excluding hydrogens is 1120 g/mol. The second-order valence-electron chi connectivity index (χ2n) is 19.7. The van der Waals surface area contributed by atoms with Gasteiger partial charge in [-0.05, 0) is 148 Å². The van der Waals surface area contributed by atoms with Crippen molar-refractivity contribution in [2.45, 2.75) is 78.1 Å². The Morgan fingerprint density at radius 1 is 0.416 bits per heavy atom. The Kier molecular flexibility index (Phi) is 17.0. The van der Waals surface area contributed by atoms with Crippen molar-refractivity contribution in [2.75, 3.05) is 0 Å². The molecule has 376 valence electrons. The first-order chi connectivity index (χ1) is 37.3. The van der Waals surface area contributed by atoms with Crippen LogP contribution in [0.1, 0.15) is 84.5 Å². The SMILES string of the molecule is CCC(CC)(CC)c1ccnc(-c2[c-]cc(-c3ccccc3-c3cc(CCc4c[c-]c(-c5ccccn5)cc4)cc(CCc4c[c-]c(-c5ccccn5)cc4)c3)c(-c3ccc(-c4cc(C#N)cc(C#N)c4)c(C)c3)c2)c1.[Ir+3]. The van der Waals surface area contributed by atoms with Gasteiger partial charge in [0.2, 0.25) is 0 Å². The molecular formula is C71H58IrN5. The van der Waals surface area contributed by atoms with Crippen LogP contribution in [0.25, 0.3) is 78.3 Å². The third kappa shape index (κ3) is 12.0. The third-order valence-electron chi connectivity index (χ3n) is 15.3. The van der Waals surface area contributed by atoms with E-state index in [1.165, 1.54) is 27.8 Å². The maximum atomic E-state index is 9.85. The van der Waals surface area contributed by atoms with Gasteiger partial charge in [-0.2, -0.15) is 10.5 Å². The van der Waals surface area contributed by atoms with Gasteiger partial charge in [-0.25, -0.2) is 0 Å². The van der Waals surface area contributed by atoms with E-state index in [1.807, 2.05) is 67.1 Å². The summed E-state index contributed by atoms with van der Waals surface area (Å²) >= 11 is 0. The van der Waals surface area contributed by atoms with E-state index < -0.39 is 0 Å². The molecule has 0 saturated heterocycles. The number of aromatic nitrogens is 3. The van der Waals surface area contributed by atoms with Crippen LogP contribution in [0.3, 0.4) is 0 Å². The standard InChI is InChI=1S/C71H58N5.Ir/c1-5-71(6-2,7-3)62-34-37-76-70(46-62)59-31-33-66(67(45-59)58-30-32-63(49(4)38-58)60-43-54(47-72)40-55(44-60)48-73)65-15-9-8-14-64(65)61-41-52(20-18-50-22-26-56(27-23-50)68-16-10-12-35-74-68)39-53(42-61)21-19-51-24-28-57(29-25-51)69-17-11-13-36-75-69;/h8-17,22-26,28,30,32-46H,5-7,18-21H2,1-4H3;/q-3;+3. The fraction of sp³-hybridized carbons (Fsp3) is 0.169. The smallest absolute Gasteiger partial charge is 0.305 e. The van der Waals surface area contributed by atoms with Crippen LogP contribution in [0, 0.1) is 47.8 Å². The summed E-state index contributed by atoms with van der Waals surface area (Å²) in [5.74, 6) is 0. The van der Waals surface area contributed by atoms with Crippen molar-refractivity contribution >= 4 is 0 Å². The largest absolute Gasteiger partial charge is 3.00 e. The second-order valence-corrected chi connectivity index (χ2v) is 19.7. The number of rotatable bonds is 17. The van der Waals surface area contributed by atoms with Crippen molar-refractivity contribution < 1.29 is 20.1 Å². The van der Waals surface area contributed by atoms with Crippen LogP contribution < -0.4 is 0 Å². The molecule has 3 heterocycles. The first-order valence-corrected chi connectivity index (χ1v) is 26.4. The third-order valence-corrected chi connectivity index (χ3v) is 15.3. The number of pyridine rings is 3. The summed E-state index contributed by atoms with van der Waals surface area (Å²) in [7, 11) is 0. The summed E-state index contributed by atoms with van der Waals surface area (Å²) in [5, 5.41) is 19.7.